The molecule has 1 rings (SSSR count). The van der Waals surface area contributed by atoms with Crippen molar-refractivity contribution < 1.29 is 13.2 Å². The number of hydrogen-bond donors (Lipinski definition) is 3. The molecule has 76 valence electrons. The molecule has 0 bridgehead atoms. The molecule has 0 unspecified atom stereocenters. The van der Waals surface area contributed by atoms with Crippen LogP contribution in [0.2, 0.25) is 0 Å². The Morgan fingerprint density at radius 2 is 2.07 bits per heavy atom. The molecule has 0 heterocycles. The second-order valence-corrected chi connectivity index (χ2v) is 3.54. The topological polar surface area (TPSA) is 75.3 Å². The lowest BCUT2D eigenvalue weighted by molar-refractivity contribution is 0.254. The average Bonchev–Trinajstić information content (AvgIpc) is 2.18. The first kappa shape index (κ1) is 10.5. The molecule has 14 heavy (non-hydrogen) atoms. The van der Waals surface area contributed by atoms with Crippen molar-refractivity contribution in [1.29, 1.82) is 0 Å². The third kappa shape index (κ3) is 2.74. The van der Waals surface area contributed by atoms with Crippen molar-refractivity contribution in [3.05, 3.63) is 24.3 Å². The molecule has 0 saturated heterocycles. The fraction of sp³-hybridized carbons (Fsp3) is 0.125. The lowest BCUT2D eigenvalue weighted by Gasteiger charge is -2.03. The summed E-state index contributed by atoms with van der Waals surface area (Å²) < 4.78 is 21.2. The maximum absolute atomic E-state index is 10.9. The van der Waals surface area contributed by atoms with Gasteiger partial charge in [0.25, 0.3) is 0 Å². The highest BCUT2D eigenvalue weighted by molar-refractivity contribution is 7.72. The lowest BCUT2D eigenvalue weighted by atomic mass is 10.3. The van der Waals surface area contributed by atoms with E-state index < -0.39 is 10.7 Å². The molecule has 1 aromatic carbocycles. The van der Waals surface area contributed by atoms with Gasteiger partial charge in [-0.15, -0.1) is 0 Å². The number of thiol groups is 1. The first-order valence-corrected chi connectivity index (χ1v) is 5.04. The first-order chi connectivity index (χ1) is 6.63. The number of hydrogen-bond acceptors (Lipinski definition) is 3. The van der Waals surface area contributed by atoms with Gasteiger partial charge in [-0.1, -0.05) is 6.07 Å². The van der Waals surface area contributed by atoms with Crippen LogP contribution >= 0.6 is 0 Å². The van der Waals surface area contributed by atoms with Crippen LogP contribution in [0.3, 0.4) is 0 Å². The molecule has 6 heteroatoms. The Balaban J connectivity index is 2.89. The van der Waals surface area contributed by atoms with Gasteiger partial charge in [0.1, 0.15) is 0 Å². The summed E-state index contributed by atoms with van der Waals surface area (Å²) >= 11 is 0. The molecule has 2 N–H and O–H groups in total. The zero-order valence-corrected chi connectivity index (χ0v) is 8.38. The molecule has 1 aromatic rings. The highest BCUT2D eigenvalue weighted by atomic mass is 32.2. The third-order valence-electron chi connectivity index (χ3n) is 1.54. The van der Waals surface area contributed by atoms with E-state index in [-0.39, 0.29) is 10.9 Å². The number of carbonyl (C=O) groups is 1. The predicted molar refractivity (Wildman–Crippen MR) is 53.1 cm³/mol. The summed E-state index contributed by atoms with van der Waals surface area (Å²) in [5.74, 6) is 0. The van der Waals surface area contributed by atoms with Gasteiger partial charge in [0.15, 0.2) is 10.7 Å². The number of amides is 2. The summed E-state index contributed by atoms with van der Waals surface area (Å²) in [5.41, 5.74) is 0.445. The summed E-state index contributed by atoms with van der Waals surface area (Å²) in [6.45, 7) is 0. The van der Waals surface area contributed by atoms with Crippen LogP contribution in [0.15, 0.2) is 29.2 Å². The second kappa shape index (κ2) is 4.61. The van der Waals surface area contributed by atoms with Gasteiger partial charge < -0.3 is 10.6 Å². The van der Waals surface area contributed by atoms with E-state index in [1.807, 2.05) is 0 Å². The largest absolute Gasteiger partial charge is 0.341 e. The van der Waals surface area contributed by atoms with Crippen LogP contribution in [0.25, 0.3) is 0 Å². The van der Waals surface area contributed by atoms with Crippen LogP contribution in [0, 0.1) is 0 Å². The molecule has 2 amide bonds. The number of benzene rings is 1. The number of carbonyl (C=O) groups excluding carboxylic acids is 1. The minimum Gasteiger partial charge on any atom is -0.341 e. The van der Waals surface area contributed by atoms with E-state index in [2.05, 4.69) is 10.6 Å². The number of nitrogens with one attached hydrogen (secondary N) is 2. The quantitative estimate of drug-likeness (QED) is 0.624. The van der Waals surface area contributed by atoms with Gasteiger partial charge in [0, 0.05) is 12.7 Å². The zero-order chi connectivity index (χ0) is 10.6. The van der Waals surface area contributed by atoms with Crippen LogP contribution in [0.1, 0.15) is 0 Å². The van der Waals surface area contributed by atoms with Crippen molar-refractivity contribution in [3.8, 4) is 0 Å². The zero-order valence-electron chi connectivity index (χ0n) is 7.48. The normalized spacial score (nSPS) is 9.86. The molecule has 0 radical (unpaired) electrons. The van der Waals surface area contributed by atoms with Crippen LogP contribution in [-0.2, 0) is 10.7 Å². The van der Waals surface area contributed by atoms with Crippen molar-refractivity contribution in [1.82, 2.24) is 5.32 Å². The number of urea groups is 1. The van der Waals surface area contributed by atoms with E-state index in [9.17, 15) is 13.2 Å². The van der Waals surface area contributed by atoms with E-state index >= 15 is 0 Å². The first-order valence-electron chi connectivity index (χ1n) is 3.86. The van der Waals surface area contributed by atoms with Crippen LogP contribution in [-0.4, -0.2) is 21.5 Å². The Hall–Kier alpha value is -1.56. The molecule has 0 aromatic heterocycles. The molecule has 5 nitrogen and oxygen atoms in total. The molecule has 0 fully saturated rings. The van der Waals surface area contributed by atoms with Crippen molar-refractivity contribution in [3.63, 3.8) is 0 Å². The van der Waals surface area contributed by atoms with E-state index in [1.54, 1.807) is 12.1 Å². The maximum Gasteiger partial charge on any atom is 0.318 e. The fourth-order valence-corrected chi connectivity index (χ4v) is 1.34. The van der Waals surface area contributed by atoms with E-state index in [4.69, 9.17) is 0 Å². The van der Waals surface area contributed by atoms with Gasteiger partial charge in [0.2, 0.25) is 0 Å². The van der Waals surface area contributed by atoms with Crippen molar-refractivity contribution in [2.24, 2.45) is 0 Å². The van der Waals surface area contributed by atoms with Gasteiger partial charge in [-0.2, -0.15) is 0 Å². The maximum atomic E-state index is 10.9. The Labute approximate surface area is 83.1 Å². The van der Waals surface area contributed by atoms with Crippen LogP contribution in [0.4, 0.5) is 10.5 Å². The van der Waals surface area contributed by atoms with Gasteiger partial charge in [0.05, 0.1) is 4.90 Å². The smallest absolute Gasteiger partial charge is 0.318 e. The summed E-state index contributed by atoms with van der Waals surface area (Å²) in [5, 5.41) is 4.83. The molecule has 0 aliphatic carbocycles. The molecular formula is C8H10N2O3S. The molecule has 0 atom stereocenters. The minimum absolute atomic E-state index is 0.175. The van der Waals surface area contributed by atoms with Crippen molar-refractivity contribution in [2.75, 3.05) is 12.4 Å². The fourth-order valence-electron chi connectivity index (χ4n) is 0.891. The predicted octanol–water partition coefficient (Wildman–Crippen LogP) is 0.408. The van der Waals surface area contributed by atoms with Crippen LogP contribution < -0.4 is 10.6 Å². The molecule has 0 aliphatic heterocycles. The monoisotopic (exact) mass is 214 g/mol. The lowest BCUT2D eigenvalue weighted by Crippen LogP contribution is -2.24. The summed E-state index contributed by atoms with van der Waals surface area (Å²) in [4.78, 5) is 11.1. The van der Waals surface area contributed by atoms with Crippen molar-refractivity contribution >= 4 is 22.4 Å². The Morgan fingerprint density at radius 3 is 2.64 bits per heavy atom. The van der Waals surface area contributed by atoms with E-state index in [0.29, 0.717) is 5.69 Å². The van der Waals surface area contributed by atoms with E-state index in [0.717, 1.165) is 0 Å². The Kier molecular flexibility index (Phi) is 3.47. The van der Waals surface area contributed by atoms with Crippen molar-refractivity contribution in [2.45, 2.75) is 4.90 Å². The van der Waals surface area contributed by atoms with Gasteiger partial charge >= 0.3 is 6.03 Å². The molecule has 0 spiro atoms. The number of anilines is 1. The van der Waals surface area contributed by atoms with Crippen LogP contribution in [0.5, 0.6) is 0 Å². The Bertz CT molecular complexity index is 407. The number of rotatable bonds is 2. The van der Waals surface area contributed by atoms with Gasteiger partial charge in [-0.3, -0.25) is 0 Å². The summed E-state index contributed by atoms with van der Waals surface area (Å²) in [6, 6.07) is 5.63. The molecule has 0 saturated carbocycles. The second-order valence-electron chi connectivity index (χ2n) is 2.51. The standard InChI is InChI=1S/C8H10N2O3S/c1-9-8(11)10-6-3-2-4-7(5-6)14(12)13/h2-5,14H,1H3,(H2,9,10,11). The SMILES string of the molecule is CNC(=O)Nc1cccc([SH](=O)=O)c1. The van der Waals surface area contributed by atoms with E-state index in [1.165, 1.54) is 19.2 Å². The average molecular weight is 214 g/mol. The highest BCUT2D eigenvalue weighted by Crippen LogP contribution is 2.11. The minimum atomic E-state index is -2.61. The summed E-state index contributed by atoms with van der Waals surface area (Å²) in [7, 11) is -1.13. The highest BCUT2D eigenvalue weighted by Gasteiger charge is 2.00. The van der Waals surface area contributed by atoms with Gasteiger partial charge in [-0.25, -0.2) is 13.2 Å². The third-order valence-corrected chi connectivity index (χ3v) is 2.24. The molecular weight excluding hydrogens is 204 g/mol. The Morgan fingerprint density at radius 1 is 1.36 bits per heavy atom. The molecule has 0 aliphatic rings. The summed E-state index contributed by atoms with van der Waals surface area (Å²) in [6.07, 6.45) is 0. The van der Waals surface area contributed by atoms with Gasteiger partial charge in [-0.05, 0) is 18.2 Å².